The zero-order valence-electron chi connectivity index (χ0n) is 14.2. The topological polar surface area (TPSA) is 75.8 Å². The fourth-order valence-electron chi connectivity index (χ4n) is 2.60. The molecule has 1 aromatic carbocycles. The molecule has 25 heavy (non-hydrogen) atoms. The molecule has 0 bridgehead atoms. The SMILES string of the molecule is Cc1cc(C)n2nc(OCCN(CCO)c3ccc(F)cc3)nc2n1. The Kier molecular flexibility index (Phi) is 5.08. The van der Waals surface area contributed by atoms with Gasteiger partial charge in [-0.25, -0.2) is 9.37 Å². The molecule has 0 saturated carbocycles. The molecule has 0 fully saturated rings. The van der Waals surface area contributed by atoms with Crippen molar-refractivity contribution >= 4 is 11.5 Å². The summed E-state index contributed by atoms with van der Waals surface area (Å²) in [7, 11) is 0. The van der Waals surface area contributed by atoms with Gasteiger partial charge in [0.1, 0.15) is 12.4 Å². The fourth-order valence-corrected chi connectivity index (χ4v) is 2.60. The van der Waals surface area contributed by atoms with Crippen LogP contribution in [0.15, 0.2) is 30.3 Å². The lowest BCUT2D eigenvalue weighted by Crippen LogP contribution is -2.31. The number of fused-ring (bicyclic) bond motifs is 1. The molecule has 3 rings (SSSR count). The van der Waals surface area contributed by atoms with Crippen LogP contribution in [0.1, 0.15) is 11.4 Å². The van der Waals surface area contributed by atoms with Gasteiger partial charge in [0.15, 0.2) is 0 Å². The third-order valence-electron chi connectivity index (χ3n) is 3.75. The molecule has 0 aliphatic carbocycles. The molecule has 2 aromatic heterocycles. The van der Waals surface area contributed by atoms with E-state index >= 15 is 0 Å². The van der Waals surface area contributed by atoms with Gasteiger partial charge < -0.3 is 14.7 Å². The van der Waals surface area contributed by atoms with E-state index in [2.05, 4.69) is 15.1 Å². The van der Waals surface area contributed by atoms with Crippen LogP contribution in [0.25, 0.3) is 5.78 Å². The highest BCUT2D eigenvalue weighted by Crippen LogP contribution is 2.15. The summed E-state index contributed by atoms with van der Waals surface area (Å²) in [5, 5.41) is 13.5. The zero-order chi connectivity index (χ0) is 17.8. The van der Waals surface area contributed by atoms with Crippen molar-refractivity contribution in [3.05, 3.63) is 47.5 Å². The van der Waals surface area contributed by atoms with Gasteiger partial charge in [0, 0.05) is 23.6 Å². The number of hydrogen-bond acceptors (Lipinski definition) is 6. The second-order valence-corrected chi connectivity index (χ2v) is 5.68. The summed E-state index contributed by atoms with van der Waals surface area (Å²) in [6.07, 6.45) is 0. The molecular weight excluding hydrogens is 325 g/mol. The average Bonchev–Trinajstić information content (AvgIpc) is 2.98. The van der Waals surface area contributed by atoms with Crippen molar-refractivity contribution in [2.75, 3.05) is 31.2 Å². The van der Waals surface area contributed by atoms with Gasteiger partial charge in [-0.2, -0.15) is 9.50 Å². The maximum absolute atomic E-state index is 13.1. The van der Waals surface area contributed by atoms with Crippen LogP contribution in [0.2, 0.25) is 0 Å². The first-order valence-electron chi connectivity index (χ1n) is 8.02. The minimum absolute atomic E-state index is 0.00756. The fraction of sp³-hybridized carbons (Fsp3) is 0.353. The summed E-state index contributed by atoms with van der Waals surface area (Å²) in [6.45, 7) is 5.08. The van der Waals surface area contributed by atoms with Gasteiger partial charge in [0.25, 0.3) is 5.78 Å². The Labute approximate surface area is 144 Å². The molecule has 1 N–H and O–H groups in total. The van der Waals surface area contributed by atoms with Crippen molar-refractivity contribution in [3.8, 4) is 6.01 Å². The molecule has 0 aliphatic heterocycles. The Balaban J connectivity index is 1.66. The number of nitrogens with zero attached hydrogens (tertiary/aromatic N) is 5. The number of benzene rings is 1. The number of aryl methyl sites for hydroxylation is 2. The molecule has 0 amide bonds. The maximum Gasteiger partial charge on any atom is 0.337 e. The Morgan fingerprint density at radius 3 is 2.64 bits per heavy atom. The van der Waals surface area contributed by atoms with E-state index in [0.717, 1.165) is 17.1 Å². The number of aromatic nitrogens is 4. The van der Waals surface area contributed by atoms with Gasteiger partial charge in [0.2, 0.25) is 0 Å². The highest BCUT2D eigenvalue weighted by Gasteiger charge is 2.10. The van der Waals surface area contributed by atoms with E-state index in [1.165, 1.54) is 12.1 Å². The summed E-state index contributed by atoms with van der Waals surface area (Å²) in [5.74, 6) is 0.203. The minimum atomic E-state index is -0.295. The number of aliphatic hydroxyl groups excluding tert-OH is 1. The van der Waals surface area contributed by atoms with Crippen LogP contribution >= 0.6 is 0 Å². The van der Waals surface area contributed by atoms with E-state index in [1.807, 2.05) is 24.8 Å². The second kappa shape index (κ2) is 7.43. The molecule has 0 aliphatic rings. The van der Waals surface area contributed by atoms with Crippen LogP contribution in [-0.4, -0.2) is 51.0 Å². The van der Waals surface area contributed by atoms with Crippen molar-refractivity contribution < 1.29 is 14.2 Å². The summed E-state index contributed by atoms with van der Waals surface area (Å²) in [5.41, 5.74) is 2.61. The van der Waals surface area contributed by atoms with Crippen LogP contribution in [0.3, 0.4) is 0 Å². The largest absolute Gasteiger partial charge is 0.460 e. The lowest BCUT2D eigenvalue weighted by atomic mass is 10.3. The number of rotatable bonds is 7. The predicted molar refractivity (Wildman–Crippen MR) is 91.4 cm³/mol. The smallest absolute Gasteiger partial charge is 0.337 e. The van der Waals surface area contributed by atoms with Crippen molar-refractivity contribution in [1.82, 2.24) is 19.6 Å². The van der Waals surface area contributed by atoms with E-state index in [0.29, 0.717) is 25.5 Å². The Morgan fingerprint density at radius 1 is 1.16 bits per heavy atom. The van der Waals surface area contributed by atoms with Crippen LogP contribution < -0.4 is 9.64 Å². The average molecular weight is 345 g/mol. The number of aliphatic hydroxyl groups is 1. The first-order chi connectivity index (χ1) is 12.1. The van der Waals surface area contributed by atoms with Crippen LogP contribution in [0.4, 0.5) is 10.1 Å². The number of halogens is 1. The van der Waals surface area contributed by atoms with Crippen molar-refractivity contribution in [2.24, 2.45) is 0 Å². The standard InChI is InChI=1S/C17H20FN5O2/c1-12-11-13(2)23-16(19-12)20-17(21-23)25-10-8-22(7-9-24)15-5-3-14(18)4-6-15/h3-6,11,24H,7-10H2,1-2H3. The Morgan fingerprint density at radius 2 is 1.92 bits per heavy atom. The first-order valence-corrected chi connectivity index (χ1v) is 8.02. The highest BCUT2D eigenvalue weighted by molar-refractivity contribution is 5.46. The molecule has 0 atom stereocenters. The number of ether oxygens (including phenoxy) is 1. The van der Waals surface area contributed by atoms with E-state index in [9.17, 15) is 9.50 Å². The molecule has 0 saturated heterocycles. The van der Waals surface area contributed by atoms with E-state index in [1.54, 1.807) is 16.6 Å². The van der Waals surface area contributed by atoms with E-state index in [4.69, 9.17) is 4.74 Å². The highest BCUT2D eigenvalue weighted by atomic mass is 19.1. The molecule has 0 radical (unpaired) electrons. The van der Waals surface area contributed by atoms with Gasteiger partial charge in [-0.1, -0.05) is 0 Å². The van der Waals surface area contributed by atoms with Gasteiger partial charge >= 0.3 is 6.01 Å². The minimum Gasteiger partial charge on any atom is -0.460 e. The molecule has 132 valence electrons. The predicted octanol–water partition coefficient (Wildman–Crippen LogP) is 1.76. The van der Waals surface area contributed by atoms with Crippen LogP contribution in [0, 0.1) is 19.7 Å². The summed E-state index contributed by atoms with van der Waals surface area (Å²) < 4.78 is 20.3. The first kappa shape index (κ1) is 17.1. The molecule has 0 unspecified atom stereocenters. The van der Waals surface area contributed by atoms with Crippen molar-refractivity contribution in [3.63, 3.8) is 0 Å². The van der Waals surface area contributed by atoms with Crippen LogP contribution in [-0.2, 0) is 0 Å². The van der Waals surface area contributed by atoms with Crippen molar-refractivity contribution in [1.29, 1.82) is 0 Å². The molecule has 2 heterocycles. The maximum atomic E-state index is 13.1. The molecule has 3 aromatic rings. The Bertz CT molecular complexity index is 850. The van der Waals surface area contributed by atoms with Crippen LogP contribution in [0.5, 0.6) is 6.01 Å². The summed E-state index contributed by atoms with van der Waals surface area (Å²) in [6, 6.07) is 8.30. The van der Waals surface area contributed by atoms with Gasteiger partial charge in [-0.15, -0.1) is 5.10 Å². The van der Waals surface area contributed by atoms with Crippen molar-refractivity contribution in [2.45, 2.75) is 13.8 Å². The molecular formula is C17H20FN5O2. The summed E-state index contributed by atoms with van der Waals surface area (Å²) >= 11 is 0. The van der Waals surface area contributed by atoms with Gasteiger partial charge in [-0.3, -0.25) is 0 Å². The monoisotopic (exact) mass is 345 g/mol. The van der Waals surface area contributed by atoms with Gasteiger partial charge in [0.05, 0.1) is 13.2 Å². The van der Waals surface area contributed by atoms with Gasteiger partial charge in [-0.05, 0) is 44.2 Å². The second-order valence-electron chi connectivity index (χ2n) is 5.68. The number of hydrogen-bond donors (Lipinski definition) is 1. The third-order valence-corrected chi connectivity index (χ3v) is 3.75. The zero-order valence-corrected chi connectivity index (χ0v) is 14.2. The van der Waals surface area contributed by atoms with E-state index < -0.39 is 0 Å². The molecule has 8 heteroatoms. The van der Waals surface area contributed by atoms with E-state index in [-0.39, 0.29) is 18.4 Å². The third kappa shape index (κ3) is 4.03. The molecule has 7 nitrogen and oxygen atoms in total. The summed E-state index contributed by atoms with van der Waals surface area (Å²) in [4.78, 5) is 10.5. The molecule has 0 spiro atoms. The lowest BCUT2D eigenvalue weighted by Gasteiger charge is -2.23. The quantitative estimate of drug-likeness (QED) is 0.703. The Hall–Kier alpha value is -2.74. The lowest BCUT2D eigenvalue weighted by molar-refractivity contribution is 0.281. The number of anilines is 1. The normalized spacial score (nSPS) is 11.0.